The zero-order valence-electron chi connectivity index (χ0n) is 13.2. The number of nitrogens with zero attached hydrogens (tertiary/aromatic N) is 3. The van der Waals surface area contributed by atoms with E-state index < -0.39 is 6.04 Å². The number of carbonyl (C=O) groups excluding carboxylic acids is 1. The number of benzene rings is 1. The van der Waals surface area contributed by atoms with Crippen molar-refractivity contribution in [2.45, 2.75) is 13.0 Å². The van der Waals surface area contributed by atoms with Crippen molar-refractivity contribution in [1.82, 2.24) is 25.5 Å². The van der Waals surface area contributed by atoms with Crippen LogP contribution in [0.1, 0.15) is 28.8 Å². The van der Waals surface area contributed by atoms with Crippen molar-refractivity contribution < 1.29 is 4.79 Å². The fourth-order valence-corrected chi connectivity index (χ4v) is 2.27. The van der Waals surface area contributed by atoms with E-state index in [0.717, 1.165) is 11.1 Å². The topological polar surface area (TPSA) is 83.6 Å². The average Bonchev–Trinajstić information content (AvgIpc) is 3.05. The van der Waals surface area contributed by atoms with Crippen LogP contribution in [0.2, 0.25) is 0 Å². The van der Waals surface area contributed by atoms with Gasteiger partial charge in [0.05, 0.1) is 0 Å². The second-order valence-corrected chi connectivity index (χ2v) is 5.25. The second-order valence-electron chi connectivity index (χ2n) is 5.25. The third kappa shape index (κ3) is 3.92. The van der Waals surface area contributed by atoms with Gasteiger partial charge >= 0.3 is 0 Å². The van der Waals surface area contributed by atoms with E-state index in [1.165, 1.54) is 6.08 Å². The van der Waals surface area contributed by atoms with Crippen molar-refractivity contribution in [3.63, 3.8) is 0 Å². The molecule has 0 aliphatic heterocycles. The highest BCUT2D eigenvalue weighted by atomic mass is 16.1. The molecule has 0 bridgehead atoms. The number of aryl methyl sites for hydroxylation is 1. The Morgan fingerprint density at radius 3 is 2.71 bits per heavy atom. The maximum atomic E-state index is 12.3. The first-order valence-corrected chi connectivity index (χ1v) is 7.55. The fraction of sp³-hybridized carbons (Fsp3) is 0.111. The van der Waals surface area contributed by atoms with Crippen molar-refractivity contribution in [2.24, 2.45) is 0 Å². The molecule has 0 aliphatic carbocycles. The molecule has 1 aromatic carbocycles. The number of aromatic amines is 1. The number of hydrogen-bond donors (Lipinski definition) is 2. The molecular formula is C18H17N5O. The third-order valence-corrected chi connectivity index (χ3v) is 3.40. The maximum absolute atomic E-state index is 12.3. The van der Waals surface area contributed by atoms with Crippen molar-refractivity contribution in [3.8, 4) is 0 Å². The van der Waals surface area contributed by atoms with Crippen molar-refractivity contribution in [3.05, 3.63) is 83.7 Å². The number of rotatable bonds is 5. The molecule has 0 unspecified atom stereocenters. The van der Waals surface area contributed by atoms with Gasteiger partial charge in [-0.25, -0.2) is 4.98 Å². The first kappa shape index (κ1) is 15.6. The number of hydrogen-bond acceptors (Lipinski definition) is 4. The molecule has 2 aromatic heterocycles. The lowest BCUT2D eigenvalue weighted by molar-refractivity contribution is -0.117. The van der Waals surface area contributed by atoms with Crippen LogP contribution in [0.4, 0.5) is 0 Å². The number of pyridine rings is 1. The van der Waals surface area contributed by atoms with Gasteiger partial charge in [-0.3, -0.25) is 14.9 Å². The lowest BCUT2D eigenvalue weighted by Gasteiger charge is -2.15. The normalized spacial score (nSPS) is 12.2. The van der Waals surface area contributed by atoms with Crippen LogP contribution >= 0.6 is 0 Å². The fourth-order valence-electron chi connectivity index (χ4n) is 2.27. The van der Waals surface area contributed by atoms with E-state index in [-0.39, 0.29) is 5.91 Å². The van der Waals surface area contributed by atoms with E-state index in [9.17, 15) is 4.79 Å². The minimum Gasteiger partial charge on any atom is -0.338 e. The zero-order chi connectivity index (χ0) is 16.8. The number of nitrogens with one attached hydrogen (secondary N) is 2. The predicted molar refractivity (Wildman–Crippen MR) is 90.8 cm³/mol. The number of amides is 1. The first-order chi connectivity index (χ1) is 11.7. The maximum Gasteiger partial charge on any atom is 0.244 e. The Morgan fingerprint density at radius 2 is 2.04 bits per heavy atom. The summed E-state index contributed by atoms with van der Waals surface area (Å²) in [6.45, 7) is 1.82. The molecule has 6 nitrogen and oxygen atoms in total. The van der Waals surface area contributed by atoms with E-state index in [1.807, 2.05) is 49.4 Å². The Balaban J connectivity index is 1.79. The Morgan fingerprint density at radius 1 is 1.21 bits per heavy atom. The molecule has 120 valence electrons. The quantitative estimate of drug-likeness (QED) is 0.708. The van der Waals surface area contributed by atoms with Crippen LogP contribution in [-0.2, 0) is 4.79 Å². The molecule has 0 radical (unpaired) electrons. The Bertz CT molecular complexity index is 827. The van der Waals surface area contributed by atoms with Crippen LogP contribution in [0.15, 0.2) is 60.9 Å². The summed E-state index contributed by atoms with van der Waals surface area (Å²) in [4.78, 5) is 20.7. The predicted octanol–water partition coefficient (Wildman–Crippen LogP) is 2.43. The van der Waals surface area contributed by atoms with Crippen LogP contribution in [0.5, 0.6) is 0 Å². The third-order valence-electron chi connectivity index (χ3n) is 3.40. The Kier molecular flexibility index (Phi) is 4.76. The largest absolute Gasteiger partial charge is 0.338 e. The number of carbonyl (C=O) groups is 1. The molecule has 6 heteroatoms. The van der Waals surface area contributed by atoms with Gasteiger partial charge in [0.25, 0.3) is 0 Å². The summed E-state index contributed by atoms with van der Waals surface area (Å²) in [6.07, 6.45) is 6.57. The number of H-pyrrole nitrogens is 1. The summed E-state index contributed by atoms with van der Waals surface area (Å²) in [6, 6.07) is 12.9. The van der Waals surface area contributed by atoms with Gasteiger partial charge in [-0.2, -0.15) is 5.10 Å². The highest BCUT2D eigenvalue weighted by Crippen LogP contribution is 2.18. The molecule has 0 saturated heterocycles. The summed E-state index contributed by atoms with van der Waals surface area (Å²) in [5.41, 5.74) is 1.78. The lowest BCUT2D eigenvalue weighted by atomic mass is 10.1. The van der Waals surface area contributed by atoms with E-state index in [0.29, 0.717) is 11.6 Å². The first-order valence-electron chi connectivity index (χ1n) is 7.55. The van der Waals surface area contributed by atoms with Crippen LogP contribution in [0.3, 0.4) is 0 Å². The summed E-state index contributed by atoms with van der Waals surface area (Å²) in [7, 11) is 0. The van der Waals surface area contributed by atoms with Crippen LogP contribution in [0, 0.1) is 6.92 Å². The Labute approximate surface area is 139 Å². The summed E-state index contributed by atoms with van der Waals surface area (Å²) in [5.74, 6) is 1.00. The molecular weight excluding hydrogens is 302 g/mol. The van der Waals surface area contributed by atoms with Gasteiger partial charge in [0, 0.05) is 18.5 Å². The van der Waals surface area contributed by atoms with Gasteiger partial charge in [0.15, 0.2) is 5.82 Å². The molecule has 3 rings (SSSR count). The van der Waals surface area contributed by atoms with Gasteiger partial charge in [-0.1, -0.05) is 36.4 Å². The molecule has 0 aliphatic rings. The molecule has 2 heterocycles. The van der Waals surface area contributed by atoms with E-state index in [2.05, 4.69) is 25.5 Å². The van der Waals surface area contributed by atoms with E-state index >= 15 is 0 Å². The molecule has 24 heavy (non-hydrogen) atoms. The van der Waals surface area contributed by atoms with Crippen molar-refractivity contribution in [2.75, 3.05) is 0 Å². The summed E-state index contributed by atoms with van der Waals surface area (Å²) >= 11 is 0. The highest BCUT2D eigenvalue weighted by molar-refractivity contribution is 5.92. The van der Waals surface area contributed by atoms with Gasteiger partial charge in [-0.15, -0.1) is 0 Å². The molecule has 1 atom stereocenters. The van der Waals surface area contributed by atoms with Gasteiger partial charge < -0.3 is 5.32 Å². The van der Waals surface area contributed by atoms with Crippen LogP contribution in [-0.4, -0.2) is 26.1 Å². The van der Waals surface area contributed by atoms with Crippen molar-refractivity contribution >= 4 is 12.0 Å². The second kappa shape index (κ2) is 7.32. The molecule has 0 spiro atoms. The van der Waals surface area contributed by atoms with Crippen LogP contribution < -0.4 is 5.32 Å². The number of aromatic nitrogens is 4. The van der Waals surface area contributed by atoms with E-state index in [1.54, 1.807) is 18.5 Å². The monoisotopic (exact) mass is 319 g/mol. The van der Waals surface area contributed by atoms with E-state index in [4.69, 9.17) is 0 Å². The average molecular weight is 319 g/mol. The summed E-state index contributed by atoms with van der Waals surface area (Å²) < 4.78 is 0. The van der Waals surface area contributed by atoms with Crippen molar-refractivity contribution in [1.29, 1.82) is 0 Å². The molecule has 3 aromatic rings. The lowest BCUT2D eigenvalue weighted by Crippen LogP contribution is -2.28. The minimum absolute atomic E-state index is 0.227. The van der Waals surface area contributed by atoms with Gasteiger partial charge in [-0.05, 0) is 30.2 Å². The highest BCUT2D eigenvalue weighted by Gasteiger charge is 2.19. The standard InChI is InChI=1S/C18H17N5O/c1-13-20-18(23-22-13)17(15-7-3-2-4-8-15)21-16(24)10-9-14-6-5-11-19-12-14/h2-12,17H,1H3,(H,21,24)(H,20,22,23)/b10-9-/t17-/m0/s1. The minimum atomic E-state index is -0.415. The molecule has 2 N–H and O–H groups in total. The van der Waals surface area contributed by atoms with Gasteiger partial charge in [0.2, 0.25) is 5.91 Å². The summed E-state index contributed by atoms with van der Waals surface area (Å²) in [5, 5.41) is 9.93. The molecule has 0 fully saturated rings. The smallest absolute Gasteiger partial charge is 0.244 e. The van der Waals surface area contributed by atoms with Gasteiger partial charge in [0.1, 0.15) is 11.9 Å². The zero-order valence-corrected chi connectivity index (χ0v) is 13.2. The van der Waals surface area contributed by atoms with Crippen LogP contribution in [0.25, 0.3) is 6.08 Å². The molecule has 1 amide bonds. The Hall–Kier alpha value is -3.28. The molecule has 0 saturated carbocycles. The SMILES string of the molecule is Cc1nc([C@@H](NC(=O)/C=C\c2cccnc2)c2ccccc2)n[nH]1.